The first-order valence-corrected chi connectivity index (χ1v) is 18.3. The first kappa shape index (κ1) is 18.4. The minimum atomic E-state index is -2.44. The van der Waals surface area contributed by atoms with Crippen LogP contribution in [0.3, 0.4) is 0 Å². The summed E-state index contributed by atoms with van der Waals surface area (Å²) >= 11 is 8.14. The zero-order valence-corrected chi connectivity index (χ0v) is 20.1. The van der Waals surface area contributed by atoms with Crippen molar-refractivity contribution in [3.05, 3.63) is 24.3 Å². The Hall–Kier alpha value is -0.361. The van der Waals surface area contributed by atoms with Crippen LogP contribution in [-0.4, -0.2) is 52.6 Å². The number of fused-ring (bicyclic) bond motifs is 2. The number of ether oxygens (including phenoxy) is 4. The van der Waals surface area contributed by atoms with E-state index in [-0.39, 0.29) is 15.0 Å². The normalized spacial score (nSPS) is 15.8. The van der Waals surface area contributed by atoms with Gasteiger partial charge in [-0.1, -0.05) is 0 Å². The van der Waals surface area contributed by atoms with Gasteiger partial charge in [0.15, 0.2) is 0 Å². The Labute approximate surface area is 164 Å². The van der Waals surface area contributed by atoms with E-state index >= 15 is 0 Å². The van der Waals surface area contributed by atoms with Crippen LogP contribution in [0.5, 0.6) is 23.0 Å². The predicted octanol–water partition coefficient (Wildman–Crippen LogP) is 1.04. The summed E-state index contributed by atoms with van der Waals surface area (Å²) in [7, 11) is 4.20. The molecule has 0 aromatic heterocycles. The van der Waals surface area contributed by atoms with Crippen molar-refractivity contribution < 1.29 is 18.9 Å². The third-order valence-corrected chi connectivity index (χ3v) is 18.3. The van der Waals surface area contributed by atoms with Crippen LogP contribution in [0.15, 0.2) is 24.3 Å². The Kier molecular flexibility index (Phi) is 5.45. The van der Waals surface area contributed by atoms with E-state index in [0.29, 0.717) is 0 Å². The average molecular weight is 590 g/mol. The van der Waals surface area contributed by atoms with Crippen LogP contribution in [0, 0.1) is 0 Å². The summed E-state index contributed by atoms with van der Waals surface area (Å²) in [4.78, 5) is 0. The van der Waals surface area contributed by atoms with E-state index < -0.39 is 9.23 Å². The zero-order chi connectivity index (χ0) is 17.5. The second-order valence-electron chi connectivity index (χ2n) is 4.88. The van der Waals surface area contributed by atoms with Crippen LogP contribution < -0.4 is 36.8 Å². The van der Waals surface area contributed by atoms with E-state index in [9.17, 15) is 0 Å². The molecule has 1 aliphatic rings. The van der Waals surface area contributed by atoms with E-state index in [2.05, 4.69) is 52.5 Å². The number of hydrogen-bond donors (Lipinski definition) is 0. The van der Waals surface area contributed by atoms with Crippen LogP contribution in [0.4, 0.5) is 0 Å². The standard InChI is InChI=1S/C16H16Br2O4Se2/c1-19-9-5-13-15(7-11(9)21-3)24(17,18)16-8-12(22-4)10(20-2)6-14(16)23-13/h5-8H,1-4H3. The third-order valence-electron chi connectivity index (χ3n) is 3.67. The van der Waals surface area contributed by atoms with Gasteiger partial charge in [-0.3, -0.25) is 0 Å². The molecule has 2 aromatic rings. The molecule has 0 aliphatic carbocycles. The van der Waals surface area contributed by atoms with Gasteiger partial charge in [0.2, 0.25) is 0 Å². The Bertz CT molecular complexity index is 733. The second-order valence-corrected chi connectivity index (χ2v) is 25.6. The van der Waals surface area contributed by atoms with Crippen LogP contribution >= 0.6 is 28.2 Å². The third kappa shape index (κ3) is 2.98. The van der Waals surface area contributed by atoms with Crippen LogP contribution in [0.2, 0.25) is 0 Å². The topological polar surface area (TPSA) is 36.9 Å². The van der Waals surface area contributed by atoms with Gasteiger partial charge in [0, 0.05) is 0 Å². The first-order valence-electron chi connectivity index (χ1n) is 6.88. The van der Waals surface area contributed by atoms with Gasteiger partial charge < -0.3 is 0 Å². The van der Waals surface area contributed by atoms with Crippen molar-refractivity contribution in [3.63, 3.8) is 0 Å². The van der Waals surface area contributed by atoms with Gasteiger partial charge in [0.05, 0.1) is 0 Å². The zero-order valence-electron chi connectivity index (χ0n) is 13.5. The molecular weight excluding hydrogens is 574 g/mol. The number of benzene rings is 2. The van der Waals surface area contributed by atoms with E-state index in [1.165, 1.54) is 17.8 Å². The molecular formula is C16H16Br2O4Se2. The molecule has 0 spiro atoms. The van der Waals surface area contributed by atoms with Crippen molar-refractivity contribution in [1.82, 2.24) is 0 Å². The molecule has 0 amide bonds. The summed E-state index contributed by atoms with van der Waals surface area (Å²) in [5.41, 5.74) is 0. The number of rotatable bonds is 4. The summed E-state index contributed by atoms with van der Waals surface area (Å²) in [6.07, 6.45) is 0. The number of hydrogen-bond acceptors (Lipinski definition) is 4. The van der Waals surface area contributed by atoms with Gasteiger partial charge in [-0.05, 0) is 0 Å². The molecule has 0 N–H and O–H groups in total. The molecule has 2 aromatic carbocycles. The molecule has 24 heavy (non-hydrogen) atoms. The SMILES string of the molecule is COc1cc2c(cc1OC)[Se](Br)(Br)c1cc(OC)c(OC)cc1[Se]2. The first-order chi connectivity index (χ1) is 11.5. The van der Waals surface area contributed by atoms with Gasteiger partial charge in [0.25, 0.3) is 0 Å². The maximum absolute atomic E-state index is 5.49. The monoisotopic (exact) mass is 590 g/mol. The van der Waals surface area contributed by atoms with E-state index in [4.69, 9.17) is 18.9 Å². The quantitative estimate of drug-likeness (QED) is 0.500. The Morgan fingerprint density at radius 3 is 1.33 bits per heavy atom. The van der Waals surface area contributed by atoms with Crippen LogP contribution in [0.1, 0.15) is 0 Å². The molecule has 0 bridgehead atoms. The Morgan fingerprint density at radius 2 is 1.00 bits per heavy atom. The molecule has 0 saturated heterocycles. The minimum absolute atomic E-state index is 0.145. The van der Waals surface area contributed by atoms with E-state index in [1.54, 1.807) is 28.4 Å². The fraction of sp³-hybridized carbons (Fsp3) is 0.250. The molecule has 0 saturated carbocycles. The molecule has 4 nitrogen and oxygen atoms in total. The Morgan fingerprint density at radius 1 is 0.667 bits per heavy atom. The van der Waals surface area contributed by atoms with Gasteiger partial charge in [-0.25, -0.2) is 0 Å². The molecule has 0 unspecified atom stereocenters. The molecule has 130 valence electrons. The van der Waals surface area contributed by atoms with Gasteiger partial charge >= 0.3 is 165 Å². The van der Waals surface area contributed by atoms with Crippen molar-refractivity contribution in [2.75, 3.05) is 28.4 Å². The fourth-order valence-electron chi connectivity index (χ4n) is 2.48. The molecule has 0 radical (unpaired) electrons. The van der Waals surface area contributed by atoms with Crippen molar-refractivity contribution in [2.24, 2.45) is 0 Å². The van der Waals surface area contributed by atoms with Gasteiger partial charge in [-0.15, -0.1) is 0 Å². The molecule has 8 heteroatoms. The predicted molar refractivity (Wildman–Crippen MR) is 107 cm³/mol. The summed E-state index contributed by atoms with van der Waals surface area (Å²) in [6.45, 7) is 0. The molecule has 1 aliphatic heterocycles. The van der Waals surface area contributed by atoms with Gasteiger partial charge in [-0.2, -0.15) is 0 Å². The number of halogens is 2. The van der Waals surface area contributed by atoms with Crippen molar-refractivity contribution in [2.45, 2.75) is 0 Å². The maximum atomic E-state index is 5.49. The van der Waals surface area contributed by atoms with E-state index in [0.717, 1.165) is 23.0 Å². The second kappa shape index (κ2) is 7.10. The molecule has 3 rings (SSSR count). The van der Waals surface area contributed by atoms with Crippen molar-refractivity contribution in [3.8, 4) is 23.0 Å². The average Bonchev–Trinajstić information content (AvgIpc) is 2.59. The number of methoxy groups -OCH3 is 4. The summed E-state index contributed by atoms with van der Waals surface area (Å²) in [5.74, 6) is 3.01. The molecule has 1 heterocycles. The van der Waals surface area contributed by atoms with Crippen molar-refractivity contribution in [1.29, 1.82) is 0 Å². The van der Waals surface area contributed by atoms with Crippen molar-refractivity contribution >= 4 is 70.3 Å². The summed E-state index contributed by atoms with van der Waals surface area (Å²) < 4.78 is 27.0. The van der Waals surface area contributed by atoms with Crippen LogP contribution in [0.25, 0.3) is 0 Å². The summed E-state index contributed by atoms with van der Waals surface area (Å²) in [5, 5.41) is 0. The summed E-state index contributed by atoms with van der Waals surface area (Å²) in [6, 6.07) is 8.34. The van der Waals surface area contributed by atoms with Crippen LogP contribution in [-0.2, 0) is 0 Å². The Balaban J connectivity index is 2.22. The van der Waals surface area contributed by atoms with Gasteiger partial charge in [0.1, 0.15) is 0 Å². The molecule has 0 atom stereocenters. The van der Waals surface area contributed by atoms with E-state index in [1.807, 2.05) is 0 Å². The molecule has 0 fully saturated rings. The fourth-order valence-corrected chi connectivity index (χ4v) is 21.4.